The molecule has 0 unspecified atom stereocenters. The van der Waals surface area contributed by atoms with Crippen molar-refractivity contribution in [1.29, 1.82) is 0 Å². The Balaban J connectivity index is 2.50. The lowest BCUT2D eigenvalue weighted by Crippen LogP contribution is -3.62. The van der Waals surface area contributed by atoms with Gasteiger partial charge >= 0.3 is 33.3 Å². The maximum absolute atomic E-state index is 13.4. The van der Waals surface area contributed by atoms with Gasteiger partial charge in [-0.2, -0.15) is 0 Å². The summed E-state index contributed by atoms with van der Waals surface area (Å²) in [6.07, 6.45) is -0.310. The van der Waals surface area contributed by atoms with Gasteiger partial charge in [-0.3, -0.25) is 4.90 Å². The van der Waals surface area contributed by atoms with Crippen LogP contribution in [0.15, 0.2) is 36.4 Å². The van der Waals surface area contributed by atoms with Crippen LogP contribution in [0.1, 0.15) is 63.8 Å². The van der Waals surface area contributed by atoms with E-state index in [-0.39, 0.29) is 6.73 Å². The van der Waals surface area contributed by atoms with Crippen molar-refractivity contribution in [3.8, 4) is 0 Å². The van der Waals surface area contributed by atoms with Gasteiger partial charge in [0, 0.05) is 30.2 Å². The normalized spacial score (nSPS) is 12.7. The van der Waals surface area contributed by atoms with E-state index in [1.807, 2.05) is 39.0 Å². The molecule has 0 spiro atoms. The van der Waals surface area contributed by atoms with Gasteiger partial charge in [0.25, 0.3) is 0 Å². The third-order valence-electron chi connectivity index (χ3n) is 5.10. The lowest BCUT2D eigenvalue weighted by atomic mass is 10.0. The number of hydrogen-bond donors (Lipinski definition) is 0. The van der Waals surface area contributed by atoms with Crippen LogP contribution in [0.25, 0.3) is 0 Å². The average molecular weight is 611 g/mol. The molecule has 0 aliphatic heterocycles. The van der Waals surface area contributed by atoms with Gasteiger partial charge in [-0.25, -0.2) is 9.59 Å². The number of methoxy groups -OCH3 is 1. The zero-order chi connectivity index (χ0) is 27.3. The van der Waals surface area contributed by atoms with Gasteiger partial charge < -0.3 is 14.2 Å². The van der Waals surface area contributed by atoms with Crippen molar-refractivity contribution in [2.24, 2.45) is 0 Å². The Morgan fingerprint density at radius 3 is 2.00 bits per heavy atom. The first-order valence-corrected chi connectivity index (χ1v) is 14.3. The van der Waals surface area contributed by atoms with Crippen LogP contribution in [-0.2, 0) is 25.4 Å². The van der Waals surface area contributed by atoms with Gasteiger partial charge in [0.15, 0.2) is 7.14 Å². The van der Waals surface area contributed by atoms with E-state index in [2.05, 4.69) is 39.0 Å². The van der Waals surface area contributed by atoms with Crippen molar-refractivity contribution < 1.29 is 45.0 Å². The minimum absolute atomic E-state index is 0.0911. The minimum Gasteiger partial charge on any atom is -0.458 e. The Kier molecular flexibility index (Phi) is 10.4. The average Bonchev–Trinajstić information content (AvgIpc) is 2.71. The number of esters is 1. The fourth-order valence-electron chi connectivity index (χ4n) is 3.80. The van der Waals surface area contributed by atoms with Crippen molar-refractivity contribution >= 4 is 12.1 Å². The Hall–Kier alpha value is -2.13. The van der Waals surface area contributed by atoms with Crippen LogP contribution in [0.5, 0.6) is 0 Å². The smallest absolute Gasteiger partial charge is 0.412 e. The highest BCUT2D eigenvalue weighted by atomic mass is 127. The number of ether oxygens (including phenoxy) is 3. The maximum Gasteiger partial charge on any atom is 0.412 e. The Morgan fingerprint density at radius 1 is 0.917 bits per heavy atom. The SMILES string of the molecule is COCN(C(=O)OC(C)(C)C)[C@@H](Cc1ccccc1[I+]c1c(C)cc(C)cc1C)C(=O)OC(C)(C)C. The third kappa shape index (κ3) is 9.07. The molecule has 36 heavy (non-hydrogen) atoms. The summed E-state index contributed by atoms with van der Waals surface area (Å²) < 4.78 is 19.3. The standard InChI is InChI=1S/C29H41INO5/c1-19-15-20(2)25(21(3)16-19)30-23-14-12-11-13-22(23)17-24(26(32)35-28(4,5)6)31(18-34-10)27(33)36-29(7,8)9/h11-16,24H,17-18H2,1-10H3/q+1/t24-/m0/s1. The summed E-state index contributed by atoms with van der Waals surface area (Å²) in [6, 6.07) is 11.7. The zero-order valence-electron chi connectivity index (χ0n) is 23.3. The molecular weight excluding hydrogens is 569 g/mol. The Labute approximate surface area is 227 Å². The monoisotopic (exact) mass is 610 g/mol. The minimum atomic E-state index is -0.899. The molecule has 0 saturated carbocycles. The lowest BCUT2D eigenvalue weighted by Gasteiger charge is -2.33. The number of carbonyl (C=O) groups is 2. The summed E-state index contributed by atoms with van der Waals surface area (Å²) in [5, 5.41) is 0. The fraction of sp³-hybridized carbons (Fsp3) is 0.517. The summed E-state index contributed by atoms with van der Waals surface area (Å²) in [4.78, 5) is 27.9. The Morgan fingerprint density at radius 2 is 1.47 bits per heavy atom. The third-order valence-corrected chi connectivity index (χ3v) is 8.97. The predicted molar refractivity (Wildman–Crippen MR) is 138 cm³/mol. The van der Waals surface area contributed by atoms with Crippen molar-refractivity contribution in [1.82, 2.24) is 4.90 Å². The number of carbonyl (C=O) groups excluding carboxylic acids is 2. The molecule has 0 aromatic heterocycles. The number of rotatable bonds is 8. The van der Waals surface area contributed by atoms with Gasteiger partial charge in [0.05, 0.1) is 0 Å². The van der Waals surface area contributed by atoms with Gasteiger partial charge in [0.2, 0.25) is 0 Å². The van der Waals surface area contributed by atoms with Gasteiger partial charge in [-0.15, -0.1) is 0 Å². The number of benzene rings is 2. The molecule has 7 heteroatoms. The molecule has 2 aromatic carbocycles. The molecule has 2 rings (SSSR count). The predicted octanol–water partition coefficient (Wildman–Crippen LogP) is 2.83. The first kappa shape index (κ1) is 30.1. The molecule has 0 saturated heterocycles. The number of aryl methyl sites for hydroxylation is 3. The van der Waals surface area contributed by atoms with Crippen molar-refractivity contribution in [2.75, 3.05) is 13.8 Å². The molecular formula is C29H41INO5+. The van der Waals surface area contributed by atoms with E-state index < -0.39 is 50.5 Å². The van der Waals surface area contributed by atoms with Crippen LogP contribution in [0.4, 0.5) is 4.79 Å². The summed E-state index contributed by atoms with van der Waals surface area (Å²) in [5.74, 6) is -0.485. The largest absolute Gasteiger partial charge is 0.458 e. The Bertz CT molecular complexity index is 1050. The first-order chi connectivity index (χ1) is 16.6. The molecule has 6 nitrogen and oxygen atoms in total. The van der Waals surface area contributed by atoms with Crippen molar-refractivity contribution in [3.63, 3.8) is 0 Å². The van der Waals surface area contributed by atoms with E-state index in [0.29, 0.717) is 6.42 Å². The van der Waals surface area contributed by atoms with E-state index in [1.165, 1.54) is 35.8 Å². The number of hydrogen-bond acceptors (Lipinski definition) is 5. The molecule has 0 aliphatic rings. The quantitative estimate of drug-likeness (QED) is 0.262. The van der Waals surface area contributed by atoms with Crippen LogP contribution in [0.3, 0.4) is 0 Å². The second kappa shape index (κ2) is 12.4. The maximum atomic E-state index is 13.4. The topological polar surface area (TPSA) is 65.1 Å². The highest BCUT2D eigenvalue weighted by molar-refractivity contribution is 5.82. The van der Waals surface area contributed by atoms with Gasteiger partial charge in [-0.05, 0) is 68.4 Å². The molecule has 198 valence electrons. The summed E-state index contributed by atoms with van der Waals surface area (Å²) in [5.41, 5.74) is 3.42. The molecule has 2 aromatic rings. The van der Waals surface area contributed by atoms with E-state index in [0.717, 1.165) is 5.56 Å². The van der Waals surface area contributed by atoms with Crippen molar-refractivity contribution in [2.45, 2.75) is 86.0 Å². The van der Waals surface area contributed by atoms with E-state index in [4.69, 9.17) is 14.2 Å². The summed E-state index contributed by atoms with van der Waals surface area (Å²) in [6.45, 7) is 17.2. The lowest BCUT2D eigenvalue weighted by molar-refractivity contribution is -0.599. The molecule has 1 atom stereocenters. The molecule has 0 bridgehead atoms. The number of nitrogens with zero attached hydrogens (tertiary/aromatic N) is 1. The molecule has 0 radical (unpaired) electrons. The molecule has 0 aliphatic carbocycles. The van der Waals surface area contributed by atoms with E-state index in [1.54, 1.807) is 20.8 Å². The van der Waals surface area contributed by atoms with Gasteiger partial charge in [-0.1, -0.05) is 35.9 Å². The highest BCUT2D eigenvalue weighted by Crippen LogP contribution is 2.19. The molecule has 0 heterocycles. The fourth-order valence-corrected chi connectivity index (χ4v) is 6.67. The van der Waals surface area contributed by atoms with Crippen LogP contribution in [0.2, 0.25) is 0 Å². The van der Waals surface area contributed by atoms with Crippen LogP contribution in [0, 0.1) is 27.9 Å². The highest BCUT2D eigenvalue weighted by Gasteiger charge is 2.37. The first-order valence-electron chi connectivity index (χ1n) is 12.1. The van der Waals surface area contributed by atoms with Gasteiger partial charge in [0.1, 0.15) is 24.0 Å². The van der Waals surface area contributed by atoms with Crippen LogP contribution < -0.4 is 21.2 Å². The molecule has 0 N–H and O–H groups in total. The van der Waals surface area contributed by atoms with Crippen LogP contribution in [-0.4, -0.2) is 48.0 Å². The van der Waals surface area contributed by atoms with Crippen molar-refractivity contribution in [3.05, 3.63) is 65.8 Å². The number of halogens is 1. The zero-order valence-corrected chi connectivity index (χ0v) is 25.5. The summed E-state index contributed by atoms with van der Waals surface area (Å²) >= 11 is -0.513. The summed E-state index contributed by atoms with van der Waals surface area (Å²) in [7, 11) is 1.49. The molecule has 0 fully saturated rings. The second-order valence-corrected chi connectivity index (χ2v) is 13.8. The number of amides is 1. The van der Waals surface area contributed by atoms with Crippen LogP contribution >= 0.6 is 0 Å². The molecule has 1 amide bonds. The van der Waals surface area contributed by atoms with E-state index in [9.17, 15) is 9.59 Å². The van der Waals surface area contributed by atoms with E-state index >= 15 is 0 Å². The second-order valence-electron chi connectivity index (χ2n) is 11.0.